The number of benzene rings is 1. The second-order valence-electron chi connectivity index (χ2n) is 5.75. The van der Waals surface area contributed by atoms with E-state index >= 15 is 0 Å². The van der Waals surface area contributed by atoms with E-state index in [1.54, 1.807) is 0 Å². The summed E-state index contributed by atoms with van der Waals surface area (Å²) in [5.74, 6) is 0.628. The predicted molar refractivity (Wildman–Crippen MR) is 88.8 cm³/mol. The molecule has 22 heavy (non-hydrogen) atoms. The van der Waals surface area contributed by atoms with Gasteiger partial charge in [-0.15, -0.1) is 0 Å². The molecule has 2 heterocycles. The number of aromatic nitrogens is 2. The second kappa shape index (κ2) is 5.64. The van der Waals surface area contributed by atoms with Gasteiger partial charge in [0.2, 0.25) is 5.91 Å². The number of nitrogens with zero attached hydrogens (tertiary/aromatic N) is 2. The van der Waals surface area contributed by atoms with E-state index in [2.05, 4.69) is 10.3 Å². The van der Waals surface area contributed by atoms with Gasteiger partial charge < -0.3 is 5.32 Å². The van der Waals surface area contributed by atoms with Crippen LogP contribution < -0.4 is 5.32 Å². The molecule has 4 heteroatoms. The van der Waals surface area contributed by atoms with E-state index in [0.29, 0.717) is 0 Å². The van der Waals surface area contributed by atoms with Gasteiger partial charge >= 0.3 is 0 Å². The minimum Gasteiger partial charge on any atom is -0.310 e. The molecule has 0 aliphatic rings. The van der Waals surface area contributed by atoms with E-state index in [1.165, 1.54) is 0 Å². The molecule has 1 N–H and O–H groups in total. The number of carbonyl (C=O) groups excluding carboxylic acids is 1. The number of hydrogen-bond donors (Lipinski definition) is 1. The molecule has 0 saturated carbocycles. The van der Waals surface area contributed by atoms with Crippen molar-refractivity contribution in [1.29, 1.82) is 0 Å². The third-order valence-electron chi connectivity index (χ3n) is 3.58. The van der Waals surface area contributed by atoms with Gasteiger partial charge in [0, 0.05) is 17.7 Å². The number of pyridine rings is 1. The van der Waals surface area contributed by atoms with Crippen molar-refractivity contribution < 1.29 is 4.79 Å². The molecule has 4 nitrogen and oxygen atoms in total. The quantitative estimate of drug-likeness (QED) is 0.796. The molecule has 0 aliphatic carbocycles. The van der Waals surface area contributed by atoms with Gasteiger partial charge in [-0.3, -0.25) is 9.20 Å². The third kappa shape index (κ3) is 2.60. The van der Waals surface area contributed by atoms with Crippen LogP contribution in [0, 0.1) is 12.8 Å². The van der Waals surface area contributed by atoms with E-state index in [1.807, 2.05) is 73.8 Å². The largest absolute Gasteiger partial charge is 0.310 e. The summed E-state index contributed by atoms with van der Waals surface area (Å²) in [5.41, 5.74) is 3.72. The van der Waals surface area contributed by atoms with Crippen LogP contribution in [-0.2, 0) is 4.79 Å². The maximum atomic E-state index is 12.2. The lowest BCUT2D eigenvalue weighted by molar-refractivity contribution is -0.118. The number of fused-ring (bicyclic) bond motifs is 1. The highest BCUT2D eigenvalue weighted by Gasteiger charge is 2.17. The smallest absolute Gasteiger partial charge is 0.228 e. The lowest BCUT2D eigenvalue weighted by Crippen LogP contribution is -2.19. The Labute approximate surface area is 129 Å². The first-order chi connectivity index (χ1) is 10.6. The number of aryl methyl sites for hydroxylation is 1. The summed E-state index contributed by atoms with van der Waals surface area (Å²) in [4.78, 5) is 16.9. The van der Waals surface area contributed by atoms with E-state index in [4.69, 9.17) is 0 Å². The Hall–Kier alpha value is -2.62. The monoisotopic (exact) mass is 293 g/mol. The first-order valence-corrected chi connectivity index (χ1v) is 7.41. The molecule has 0 spiro atoms. The Morgan fingerprint density at radius 2 is 1.86 bits per heavy atom. The van der Waals surface area contributed by atoms with Crippen LogP contribution in [0.25, 0.3) is 16.9 Å². The van der Waals surface area contributed by atoms with Crippen molar-refractivity contribution in [2.24, 2.45) is 5.92 Å². The molecular weight excluding hydrogens is 274 g/mol. The van der Waals surface area contributed by atoms with Gasteiger partial charge in [-0.1, -0.05) is 50.2 Å². The SMILES string of the molecule is Cc1ccc2nc(-c3ccccc3)c(NC(=O)C(C)C)n2c1. The molecule has 2 aromatic heterocycles. The number of hydrogen-bond acceptors (Lipinski definition) is 2. The number of imidazole rings is 1. The van der Waals surface area contributed by atoms with Crippen LogP contribution in [-0.4, -0.2) is 15.3 Å². The molecule has 0 unspecified atom stereocenters. The van der Waals surface area contributed by atoms with Crippen molar-refractivity contribution in [2.45, 2.75) is 20.8 Å². The van der Waals surface area contributed by atoms with E-state index in [0.717, 1.165) is 28.3 Å². The summed E-state index contributed by atoms with van der Waals surface area (Å²) >= 11 is 0. The van der Waals surface area contributed by atoms with Gasteiger partial charge in [0.15, 0.2) is 0 Å². The van der Waals surface area contributed by atoms with Crippen molar-refractivity contribution in [3.05, 3.63) is 54.2 Å². The van der Waals surface area contributed by atoms with Crippen LogP contribution >= 0.6 is 0 Å². The molecule has 0 fully saturated rings. The molecule has 3 rings (SSSR count). The Morgan fingerprint density at radius 1 is 1.14 bits per heavy atom. The fourth-order valence-electron chi connectivity index (χ4n) is 2.33. The molecule has 0 aliphatic heterocycles. The zero-order chi connectivity index (χ0) is 15.7. The van der Waals surface area contributed by atoms with Crippen LogP contribution in [0.2, 0.25) is 0 Å². The first kappa shape index (κ1) is 14.3. The number of amides is 1. The van der Waals surface area contributed by atoms with Crippen LogP contribution in [0.4, 0.5) is 5.82 Å². The zero-order valence-electron chi connectivity index (χ0n) is 13.0. The van der Waals surface area contributed by atoms with Crippen molar-refractivity contribution in [3.8, 4) is 11.3 Å². The lowest BCUT2D eigenvalue weighted by atomic mass is 10.1. The molecule has 1 aromatic carbocycles. The maximum Gasteiger partial charge on any atom is 0.228 e. The number of anilines is 1. The summed E-state index contributed by atoms with van der Waals surface area (Å²) < 4.78 is 1.94. The van der Waals surface area contributed by atoms with Gasteiger partial charge in [-0.25, -0.2) is 4.98 Å². The fraction of sp³-hybridized carbons (Fsp3) is 0.222. The number of rotatable bonds is 3. The Morgan fingerprint density at radius 3 is 2.55 bits per heavy atom. The molecule has 0 saturated heterocycles. The molecular formula is C18H19N3O. The van der Waals surface area contributed by atoms with Gasteiger partial charge in [0.25, 0.3) is 0 Å². The van der Waals surface area contributed by atoms with E-state index in [-0.39, 0.29) is 11.8 Å². The third-order valence-corrected chi connectivity index (χ3v) is 3.58. The minimum absolute atomic E-state index is 0.0134. The lowest BCUT2D eigenvalue weighted by Gasteiger charge is -2.10. The van der Waals surface area contributed by atoms with Crippen molar-refractivity contribution in [1.82, 2.24) is 9.38 Å². The molecule has 0 atom stereocenters. The highest BCUT2D eigenvalue weighted by molar-refractivity contribution is 5.95. The molecule has 0 bridgehead atoms. The fourth-order valence-corrected chi connectivity index (χ4v) is 2.33. The van der Waals surface area contributed by atoms with E-state index < -0.39 is 0 Å². The summed E-state index contributed by atoms with van der Waals surface area (Å²) in [6.45, 7) is 5.79. The first-order valence-electron chi connectivity index (χ1n) is 7.41. The number of nitrogens with one attached hydrogen (secondary N) is 1. The average Bonchev–Trinajstić information content (AvgIpc) is 2.86. The minimum atomic E-state index is -0.0843. The van der Waals surface area contributed by atoms with Gasteiger partial charge in [-0.2, -0.15) is 0 Å². The summed E-state index contributed by atoms with van der Waals surface area (Å²) in [6.07, 6.45) is 1.99. The van der Waals surface area contributed by atoms with Crippen LogP contribution in [0.3, 0.4) is 0 Å². The van der Waals surface area contributed by atoms with Crippen LogP contribution in [0.5, 0.6) is 0 Å². The summed E-state index contributed by atoms with van der Waals surface area (Å²) in [6, 6.07) is 13.9. The van der Waals surface area contributed by atoms with Crippen LogP contribution in [0.15, 0.2) is 48.7 Å². The average molecular weight is 293 g/mol. The van der Waals surface area contributed by atoms with Crippen molar-refractivity contribution in [3.63, 3.8) is 0 Å². The van der Waals surface area contributed by atoms with Crippen molar-refractivity contribution >= 4 is 17.4 Å². The Kier molecular flexibility index (Phi) is 3.67. The highest BCUT2D eigenvalue weighted by atomic mass is 16.1. The van der Waals surface area contributed by atoms with Crippen molar-refractivity contribution in [2.75, 3.05) is 5.32 Å². The second-order valence-corrected chi connectivity index (χ2v) is 5.75. The maximum absolute atomic E-state index is 12.2. The predicted octanol–water partition coefficient (Wildman–Crippen LogP) is 3.90. The van der Waals surface area contributed by atoms with Crippen LogP contribution in [0.1, 0.15) is 19.4 Å². The van der Waals surface area contributed by atoms with Gasteiger partial charge in [0.05, 0.1) is 0 Å². The van der Waals surface area contributed by atoms with Gasteiger partial charge in [0.1, 0.15) is 17.2 Å². The normalized spacial score (nSPS) is 11.1. The standard InChI is InChI=1S/C18H19N3O/c1-12(2)18(22)20-17-16(14-7-5-4-6-8-14)19-15-10-9-13(3)11-21(15)17/h4-12H,1-3H3,(H,20,22). The molecule has 112 valence electrons. The van der Waals surface area contributed by atoms with Gasteiger partial charge in [-0.05, 0) is 18.6 Å². The molecule has 3 aromatic rings. The summed E-state index contributed by atoms with van der Waals surface area (Å²) in [5, 5.41) is 3.02. The molecule has 0 radical (unpaired) electrons. The zero-order valence-corrected chi connectivity index (χ0v) is 13.0. The van der Waals surface area contributed by atoms with E-state index in [9.17, 15) is 4.79 Å². The molecule has 1 amide bonds. The highest BCUT2D eigenvalue weighted by Crippen LogP contribution is 2.29. The Bertz CT molecular complexity index is 819. The number of carbonyl (C=O) groups is 1. The summed E-state index contributed by atoms with van der Waals surface area (Å²) in [7, 11) is 0. The topological polar surface area (TPSA) is 46.4 Å². The Balaban J connectivity index is 2.20.